The molecule has 0 spiro atoms. The zero-order valence-corrected chi connectivity index (χ0v) is 10.3. The number of esters is 1. The largest absolute Gasteiger partial charge is 0.465 e. The fraction of sp³-hybridized carbons (Fsp3) is 0.214. The van der Waals surface area contributed by atoms with Gasteiger partial charge in [0, 0.05) is 15.6 Å². The van der Waals surface area contributed by atoms with Crippen LogP contribution in [0.2, 0.25) is 0 Å². The quantitative estimate of drug-likeness (QED) is 0.599. The maximum Gasteiger partial charge on any atom is 0.317 e. The number of carbonyl (C=O) groups excluding carboxylic acids is 1. The van der Waals surface area contributed by atoms with Gasteiger partial charge in [0.2, 0.25) is 0 Å². The highest BCUT2D eigenvalue weighted by molar-refractivity contribution is 7.17. The van der Waals surface area contributed by atoms with Crippen LogP contribution < -0.4 is 0 Å². The Balaban J connectivity index is 2.16. The number of thiophene rings is 1. The van der Waals surface area contributed by atoms with Gasteiger partial charge in [-0.1, -0.05) is 17.9 Å². The van der Waals surface area contributed by atoms with Crippen molar-refractivity contribution in [3.05, 3.63) is 35.2 Å². The van der Waals surface area contributed by atoms with E-state index < -0.39 is 0 Å². The van der Waals surface area contributed by atoms with E-state index in [2.05, 4.69) is 17.9 Å². The minimum absolute atomic E-state index is 0.147. The summed E-state index contributed by atoms with van der Waals surface area (Å²) in [6.07, 6.45) is 0.147. The lowest BCUT2D eigenvalue weighted by atomic mass is 10.1. The second-order valence-corrected chi connectivity index (χ2v) is 4.37. The molecule has 17 heavy (non-hydrogen) atoms. The van der Waals surface area contributed by atoms with Gasteiger partial charge in [-0.15, -0.1) is 11.3 Å². The van der Waals surface area contributed by atoms with Gasteiger partial charge >= 0.3 is 5.97 Å². The van der Waals surface area contributed by atoms with Crippen LogP contribution in [0.15, 0.2) is 29.6 Å². The molecule has 86 valence electrons. The Kier molecular flexibility index (Phi) is 3.79. The number of benzene rings is 1. The third-order valence-electron chi connectivity index (χ3n) is 2.26. The van der Waals surface area contributed by atoms with Crippen molar-refractivity contribution in [1.82, 2.24) is 0 Å². The van der Waals surface area contributed by atoms with E-state index in [1.54, 1.807) is 18.3 Å². The topological polar surface area (TPSA) is 26.3 Å². The summed E-state index contributed by atoms with van der Waals surface area (Å²) in [5, 5.41) is 3.19. The first kappa shape index (κ1) is 11.7. The molecule has 0 radical (unpaired) electrons. The molecule has 1 aromatic heterocycles. The first-order valence-electron chi connectivity index (χ1n) is 5.42. The van der Waals surface area contributed by atoms with Crippen LogP contribution >= 0.6 is 11.3 Å². The molecule has 0 saturated heterocycles. The highest BCUT2D eigenvalue weighted by atomic mass is 32.1. The molecule has 1 aromatic carbocycles. The smallest absolute Gasteiger partial charge is 0.317 e. The molecule has 3 heteroatoms. The summed E-state index contributed by atoms with van der Waals surface area (Å²) in [6.45, 7) is 2.19. The summed E-state index contributed by atoms with van der Waals surface area (Å²) in [7, 11) is 0. The predicted molar refractivity (Wildman–Crippen MR) is 70.0 cm³/mol. The van der Waals surface area contributed by atoms with Crippen LogP contribution in [-0.4, -0.2) is 12.6 Å². The normalized spacial score (nSPS) is 9.71. The van der Waals surface area contributed by atoms with Gasteiger partial charge in [0.25, 0.3) is 0 Å². The first-order chi connectivity index (χ1) is 8.31. The van der Waals surface area contributed by atoms with Crippen LogP contribution in [0.5, 0.6) is 0 Å². The van der Waals surface area contributed by atoms with Crippen LogP contribution in [-0.2, 0) is 9.53 Å². The second kappa shape index (κ2) is 5.51. The van der Waals surface area contributed by atoms with E-state index in [-0.39, 0.29) is 12.4 Å². The molecular weight excluding hydrogens is 232 g/mol. The molecule has 0 amide bonds. The molecular formula is C14H12O2S. The van der Waals surface area contributed by atoms with Crippen molar-refractivity contribution in [3.8, 4) is 11.8 Å². The van der Waals surface area contributed by atoms with E-state index in [0.717, 1.165) is 10.9 Å². The lowest BCUT2D eigenvalue weighted by Crippen LogP contribution is -2.01. The summed E-state index contributed by atoms with van der Waals surface area (Å²) >= 11 is 1.69. The second-order valence-electron chi connectivity index (χ2n) is 3.42. The number of rotatable bonds is 2. The lowest BCUT2D eigenvalue weighted by molar-refractivity contribution is -0.141. The van der Waals surface area contributed by atoms with Gasteiger partial charge in [-0.25, -0.2) is 0 Å². The zero-order chi connectivity index (χ0) is 12.1. The molecule has 2 nitrogen and oxygen atoms in total. The Morgan fingerprint density at radius 3 is 3.12 bits per heavy atom. The standard InChI is InChI=1S/C14H12O2S/c1-2-16-14(15)8-4-6-11-5-3-7-13-12(11)9-10-17-13/h3,5,7,9-10H,2,8H2,1H3. The molecule has 0 unspecified atom stereocenters. The van der Waals surface area contributed by atoms with Gasteiger partial charge in [-0.05, 0) is 30.5 Å². The molecule has 0 N–H and O–H groups in total. The molecule has 0 aliphatic rings. The van der Waals surface area contributed by atoms with Crippen molar-refractivity contribution in [2.45, 2.75) is 13.3 Å². The summed E-state index contributed by atoms with van der Waals surface area (Å²) in [4.78, 5) is 11.1. The maximum atomic E-state index is 11.1. The number of ether oxygens (including phenoxy) is 1. The van der Waals surface area contributed by atoms with E-state index in [1.807, 2.05) is 23.6 Å². The van der Waals surface area contributed by atoms with Crippen LogP contribution in [0.3, 0.4) is 0 Å². The average molecular weight is 244 g/mol. The monoisotopic (exact) mass is 244 g/mol. The van der Waals surface area contributed by atoms with Crippen LogP contribution in [0.1, 0.15) is 18.9 Å². The summed E-state index contributed by atoms with van der Waals surface area (Å²) in [6, 6.07) is 8.06. The van der Waals surface area contributed by atoms with Crippen molar-refractivity contribution in [2.24, 2.45) is 0 Å². The molecule has 0 fully saturated rings. The Labute approximate surface area is 104 Å². The minimum atomic E-state index is -0.266. The van der Waals surface area contributed by atoms with Gasteiger partial charge in [-0.2, -0.15) is 0 Å². The molecule has 0 aliphatic heterocycles. The molecule has 0 atom stereocenters. The zero-order valence-electron chi connectivity index (χ0n) is 9.53. The number of fused-ring (bicyclic) bond motifs is 1. The van der Waals surface area contributed by atoms with Crippen molar-refractivity contribution in [3.63, 3.8) is 0 Å². The van der Waals surface area contributed by atoms with E-state index in [9.17, 15) is 4.79 Å². The molecule has 0 saturated carbocycles. The summed E-state index contributed by atoms with van der Waals surface area (Å²) < 4.78 is 6.03. The van der Waals surface area contributed by atoms with Crippen molar-refractivity contribution >= 4 is 27.4 Å². The number of hydrogen-bond donors (Lipinski definition) is 0. The van der Waals surface area contributed by atoms with Gasteiger partial charge in [-0.3, -0.25) is 4.79 Å². The van der Waals surface area contributed by atoms with Crippen molar-refractivity contribution < 1.29 is 9.53 Å². The Bertz CT molecular complexity index is 587. The minimum Gasteiger partial charge on any atom is -0.465 e. The van der Waals surface area contributed by atoms with Crippen LogP contribution in [0, 0.1) is 11.8 Å². The molecule has 0 bridgehead atoms. The molecule has 2 aromatic rings. The van der Waals surface area contributed by atoms with Crippen LogP contribution in [0.25, 0.3) is 10.1 Å². The number of carbonyl (C=O) groups is 1. The van der Waals surface area contributed by atoms with E-state index in [0.29, 0.717) is 6.61 Å². The van der Waals surface area contributed by atoms with Gasteiger partial charge in [0.15, 0.2) is 0 Å². The summed E-state index contributed by atoms with van der Waals surface area (Å²) in [5.41, 5.74) is 0.966. The van der Waals surface area contributed by atoms with Crippen molar-refractivity contribution in [2.75, 3.05) is 6.61 Å². The van der Waals surface area contributed by atoms with Gasteiger partial charge in [0.05, 0.1) is 6.61 Å². The Morgan fingerprint density at radius 1 is 1.41 bits per heavy atom. The molecule has 2 rings (SSSR count). The lowest BCUT2D eigenvalue weighted by Gasteiger charge is -1.95. The van der Waals surface area contributed by atoms with E-state index in [1.165, 1.54) is 4.70 Å². The predicted octanol–water partition coefficient (Wildman–Crippen LogP) is 3.21. The molecule has 1 heterocycles. The fourth-order valence-electron chi connectivity index (χ4n) is 1.53. The molecule has 0 aliphatic carbocycles. The fourth-order valence-corrected chi connectivity index (χ4v) is 2.34. The highest BCUT2D eigenvalue weighted by Gasteiger charge is 1.99. The maximum absolute atomic E-state index is 11.1. The van der Waals surface area contributed by atoms with Gasteiger partial charge in [0.1, 0.15) is 6.42 Å². The van der Waals surface area contributed by atoms with Crippen molar-refractivity contribution in [1.29, 1.82) is 0 Å². The SMILES string of the molecule is CCOC(=O)CC#Cc1cccc2sccc12. The Hall–Kier alpha value is -1.79. The summed E-state index contributed by atoms with van der Waals surface area (Å²) in [5.74, 6) is 5.60. The number of hydrogen-bond acceptors (Lipinski definition) is 3. The average Bonchev–Trinajstić information content (AvgIpc) is 2.78. The third-order valence-corrected chi connectivity index (χ3v) is 3.14. The van der Waals surface area contributed by atoms with E-state index >= 15 is 0 Å². The first-order valence-corrected chi connectivity index (χ1v) is 6.30. The third kappa shape index (κ3) is 2.86. The Morgan fingerprint density at radius 2 is 2.29 bits per heavy atom. The van der Waals surface area contributed by atoms with Crippen LogP contribution in [0.4, 0.5) is 0 Å². The van der Waals surface area contributed by atoms with Gasteiger partial charge < -0.3 is 4.74 Å². The highest BCUT2D eigenvalue weighted by Crippen LogP contribution is 2.23. The van der Waals surface area contributed by atoms with E-state index in [4.69, 9.17) is 4.74 Å².